The van der Waals surface area contributed by atoms with Gasteiger partial charge in [-0.05, 0) is 30.5 Å². The maximum absolute atomic E-state index is 13.7. The van der Waals surface area contributed by atoms with Crippen LogP contribution in [-0.2, 0) is 0 Å². The Hall–Kier alpha value is -1.51. The Balaban J connectivity index is 2.73. The van der Waals surface area contributed by atoms with Gasteiger partial charge in [0, 0.05) is 6.20 Å². The van der Waals surface area contributed by atoms with Crippen molar-refractivity contribution in [1.29, 1.82) is 0 Å². The maximum Gasteiger partial charge on any atom is 0.151 e. The van der Waals surface area contributed by atoms with E-state index in [1.807, 2.05) is 26.8 Å². The van der Waals surface area contributed by atoms with Gasteiger partial charge in [0.25, 0.3) is 0 Å². The van der Waals surface area contributed by atoms with Crippen LogP contribution in [0, 0.1) is 12.7 Å². The van der Waals surface area contributed by atoms with Crippen molar-refractivity contribution in [1.82, 2.24) is 9.97 Å². The Morgan fingerprint density at radius 3 is 2.67 bits per heavy atom. The highest BCUT2D eigenvalue weighted by Gasteiger charge is 2.08. The fourth-order valence-corrected chi connectivity index (χ4v) is 1.52. The number of rotatable bonds is 1. The van der Waals surface area contributed by atoms with E-state index in [2.05, 4.69) is 9.97 Å². The number of nitrogens with zero attached hydrogens (tertiary/aromatic N) is 2. The topological polar surface area (TPSA) is 25.8 Å². The third-order valence-corrected chi connectivity index (χ3v) is 2.41. The van der Waals surface area contributed by atoms with Gasteiger partial charge >= 0.3 is 0 Å². The number of aromatic nitrogens is 2. The molecule has 0 aliphatic rings. The van der Waals surface area contributed by atoms with E-state index in [4.69, 9.17) is 0 Å². The Kier molecular flexibility index (Phi) is 2.39. The summed E-state index contributed by atoms with van der Waals surface area (Å²) in [5, 5.41) is 0. The lowest BCUT2D eigenvalue weighted by Crippen LogP contribution is -1.95. The van der Waals surface area contributed by atoms with Crippen molar-refractivity contribution in [2.75, 3.05) is 0 Å². The van der Waals surface area contributed by atoms with Crippen molar-refractivity contribution in [3.05, 3.63) is 35.4 Å². The standard InChI is InChI=1S/C12H13FN2/c1-7(2)9-4-10(13)12-11(5-9)14-6-8(3)15-12/h4-7H,1-3H3. The van der Waals surface area contributed by atoms with Gasteiger partial charge in [-0.2, -0.15) is 0 Å². The van der Waals surface area contributed by atoms with Crippen LogP contribution in [0.1, 0.15) is 31.0 Å². The van der Waals surface area contributed by atoms with Crippen molar-refractivity contribution < 1.29 is 4.39 Å². The number of fused-ring (bicyclic) bond motifs is 1. The molecule has 0 fully saturated rings. The molecule has 0 radical (unpaired) electrons. The molecule has 0 saturated heterocycles. The molecule has 0 aliphatic heterocycles. The molecule has 0 saturated carbocycles. The van der Waals surface area contributed by atoms with E-state index < -0.39 is 0 Å². The quantitative estimate of drug-likeness (QED) is 0.712. The van der Waals surface area contributed by atoms with Crippen molar-refractivity contribution >= 4 is 11.0 Å². The molecule has 2 nitrogen and oxygen atoms in total. The van der Waals surface area contributed by atoms with Crippen LogP contribution >= 0.6 is 0 Å². The molecule has 0 unspecified atom stereocenters. The van der Waals surface area contributed by atoms with Crippen LogP contribution in [0.3, 0.4) is 0 Å². The fraction of sp³-hybridized carbons (Fsp3) is 0.333. The van der Waals surface area contributed by atoms with Crippen molar-refractivity contribution in [2.45, 2.75) is 26.7 Å². The van der Waals surface area contributed by atoms with Gasteiger partial charge in [-0.3, -0.25) is 4.98 Å². The zero-order chi connectivity index (χ0) is 11.0. The number of hydrogen-bond acceptors (Lipinski definition) is 2. The van der Waals surface area contributed by atoms with E-state index in [0.29, 0.717) is 17.0 Å². The van der Waals surface area contributed by atoms with Gasteiger partial charge in [-0.25, -0.2) is 9.37 Å². The van der Waals surface area contributed by atoms with E-state index in [9.17, 15) is 4.39 Å². The first kappa shape index (κ1) is 10.0. The average molecular weight is 204 g/mol. The lowest BCUT2D eigenvalue weighted by atomic mass is 10.0. The molecular weight excluding hydrogens is 191 g/mol. The van der Waals surface area contributed by atoms with E-state index in [0.717, 1.165) is 11.3 Å². The Bertz CT molecular complexity index is 506. The van der Waals surface area contributed by atoms with Crippen molar-refractivity contribution in [3.63, 3.8) is 0 Å². The maximum atomic E-state index is 13.7. The van der Waals surface area contributed by atoms with Crippen LogP contribution in [-0.4, -0.2) is 9.97 Å². The first-order valence-electron chi connectivity index (χ1n) is 5.00. The number of halogens is 1. The molecule has 0 amide bonds. The first-order valence-corrected chi connectivity index (χ1v) is 5.00. The highest BCUT2D eigenvalue weighted by Crippen LogP contribution is 2.21. The minimum absolute atomic E-state index is 0.285. The van der Waals surface area contributed by atoms with Crippen molar-refractivity contribution in [2.24, 2.45) is 0 Å². The van der Waals surface area contributed by atoms with E-state index >= 15 is 0 Å². The molecule has 1 aromatic carbocycles. The summed E-state index contributed by atoms with van der Waals surface area (Å²) in [5.74, 6) is 0.0133. The molecule has 0 N–H and O–H groups in total. The van der Waals surface area contributed by atoms with Gasteiger partial charge in [0.05, 0.1) is 11.2 Å². The third-order valence-electron chi connectivity index (χ3n) is 2.41. The number of hydrogen-bond donors (Lipinski definition) is 0. The smallest absolute Gasteiger partial charge is 0.151 e. The molecular formula is C12H13FN2. The molecule has 0 aliphatic carbocycles. The second-order valence-electron chi connectivity index (χ2n) is 4.04. The third kappa shape index (κ3) is 1.82. The summed E-state index contributed by atoms with van der Waals surface area (Å²) in [5.41, 5.74) is 2.68. The molecule has 0 bridgehead atoms. The highest BCUT2D eigenvalue weighted by molar-refractivity contribution is 5.75. The SMILES string of the molecule is Cc1cnc2cc(C(C)C)cc(F)c2n1. The summed E-state index contributed by atoms with van der Waals surface area (Å²) in [7, 11) is 0. The predicted octanol–water partition coefficient (Wildman–Crippen LogP) is 3.20. The van der Waals surface area contributed by atoms with E-state index in [1.54, 1.807) is 12.3 Å². The molecule has 1 aromatic heterocycles. The summed E-state index contributed by atoms with van der Waals surface area (Å²) < 4.78 is 13.7. The summed E-state index contributed by atoms with van der Waals surface area (Å²) in [4.78, 5) is 8.32. The highest BCUT2D eigenvalue weighted by atomic mass is 19.1. The molecule has 1 heterocycles. The first-order chi connectivity index (χ1) is 7.08. The molecule has 15 heavy (non-hydrogen) atoms. The minimum Gasteiger partial charge on any atom is -0.253 e. The largest absolute Gasteiger partial charge is 0.253 e. The van der Waals surface area contributed by atoms with E-state index in [1.165, 1.54) is 0 Å². The van der Waals surface area contributed by atoms with Gasteiger partial charge in [0.1, 0.15) is 5.52 Å². The van der Waals surface area contributed by atoms with Gasteiger partial charge in [-0.15, -0.1) is 0 Å². The van der Waals surface area contributed by atoms with E-state index in [-0.39, 0.29) is 5.82 Å². The van der Waals surface area contributed by atoms with Gasteiger partial charge < -0.3 is 0 Å². The fourth-order valence-electron chi connectivity index (χ4n) is 1.52. The summed E-state index contributed by atoms with van der Waals surface area (Å²) in [6.07, 6.45) is 1.66. The predicted molar refractivity (Wildman–Crippen MR) is 58.3 cm³/mol. The molecule has 2 rings (SSSR count). The van der Waals surface area contributed by atoms with Crippen LogP contribution < -0.4 is 0 Å². The second kappa shape index (κ2) is 3.57. The monoisotopic (exact) mass is 204 g/mol. The van der Waals surface area contributed by atoms with Gasteiger partial charge in [0.2, 0.25) is 0 Å². The lowest BCUT2D eigenvalue weighted by molar-refractivity contribution is 0.631. The average Bonchev–Trinajstić information content (AvgIpc) is 2.18. The Labute approximate surface area is 88.2 Å². The van der Waals surface area contributed by atoms with Crippen LogP contribution in [0.15, 0.2) is 18.3 Å². The van der Waals surface area contributed by atoms with Gasteiger partial charge in [-0.1, -0.05) is 13.8 Å². The van der Waals surface area contributed by atoms with Crippen molar-refractivity contribution in [3.8, 4) is 0 Å². The minimum atomic E-state index is -0.285. The lowest BCUT2D eigenvalue weighted by Gasteiger charge is -2.07. The van der Waals surface area contributed by atoms with Crippen LogP contribution in [0.4, 0.5) is 4.39 Å². The van der Waals surface area contributed by atoms with Crippen LogP contribution in [0.5, 0.6) is 0 Å². The number of aryl methyl sites for hydroxylation is 1. The second-order valence-corrected chi connectivity index (χ2v) is 4.04. The summed E-state index contributed by atoms with van der Waals surface area (Å²) in [6, 6.07) is 3.44. The molecule has 3 heteroatoms. The van der Waals surface area contributed by atoms with Gasteiger partial charge in [0.15, 0.2) is 5.82 Å². The normalized spacial score (nSPS) is 11.3. The molecule has 78 valence electrons. The Morgan fingerprint density at radius 2 is 2.00 bits per heavy atom. The number of benzene rings is 1. The zero-order valence-electron chi connectivity index (χ0n) is 9.08. The Morgan fingerprint density at radius 1 is 1.27 bits per heavy atom. The summed E-state index contributed by atoms with van der Waals surface area (Å²) in [6.45, 7) is 5.87. The van der Waals surface area contributed by atoms with Crippen LogP contribution in [0.25, 0.3) is 11.0 Å². The molecule has 0 atom stereocenters. The molecule has 2 aromatic rings. The van der Waals surface area contributed by atoms with Crippen LogP contribution in [0.2, 0.25) is 0 Å². The zero-order valence-corrected chi connectivity index (χ0v) is 9.08. The summed E-state index contributed by atoms with van der Waals surface area (Å²) >= 11 is 0. The molecule has 0 spiro atoms.